The normalized spacial score (nSPS) is 10.4. The molecule has 3 nitrogen and oxygen atoms in total. The highest BCUT2D eigenvalue weighted by Gasteiger charge is 2.07. The molecule has 0 saturated heterocycles. The van der Waals surface area contributed by atoms with Gasteiger partial charge in [0.15, 0.2) is 0 Å². The van der Waals surface area contributed by atoms with Gasteiger partial charge in [0.2, 0.25) is 0 Å². The highest BCUT2D eigenvalue weighted by molar-refractivity contribution is 5.98. The first-order valence-electron chi connectivity index (χ1n) is 7.38. The van der Waals surface area contributed by atoms with Gasteiger partial charge < -0.3 is 11.1 Å². The fraction of sp³-hybridized carbons (Fsp3) is 0.562. The molecule has 0 aromatic heterocycles. The number of unbranched alkanes of at least 4 members (excludes halogenated alkanes) is 6. The number of anilines is 1. The monoisotopic (exact) mass is 262 g/mol. The number of benzene rings is 1. The van der Waals surface area contributed by atoms with Gasteiger partial charge in [0, 0.05) is 12.2 Å². The zero-order chi connectivity index (χ0) is 13.9. The molecule has 0 atom stereocenters. The molecule has 19 heavy (non-hydrogen) atoms. The van der Waals surface area contributed by atoms with Crippen molar-refractivity contribution in [2.24, 2.45) is 0 Å². The summed E-state index contributed by atoms with van der Waals surface area (Å²) in [5, 5.41) is 2.92. The number of hydrogen-bond acceptors (Lipinski definition) is 2. The predicted octanol–water partition coefficient (Wildman–Crippen LogP) is 3.75. The number of hydrogen-bond donors (Lipinski definition) is 2. The fourth-order valence-electron chi connectivity index (χ4n) is 2.08. The van der Waals surface area contributed by atoms with Crippen molar-refractivity contribution < 1.29 is 4.79 Å². The van der Waals surface area contributed by atoms with Crippen molar-refractivity contribution in [3.8, 4) is 0 Å². The van der Waals surface area contributed by atoms with Crippen LogP contribution in [0.25, 0.3) is 0 Å². The Morgan fingerprint density at radius 1 is 1.05 bits per heavy atom. The predicted molar refractivity (Wildman–Crippen MR) is 81.2 cm³/mol. The summed E-state index contributed by atoms with van der Waals surface area (Å²) < 4.78 is 0. The van der Waals surface area contributed by atoms with E-state index in [9.17, 15) is 4.79 Å². The fourth-order valence-corrected chi connectivity index (χ4v) is 2.08. The molecule has 0 radical (unpaired) electrons. The number of amides is 1. The highest BCUT2D eigenvalue weighted by Crippen LogP contribution is 2.10. The van der Waals surface area contributed by atoms with Gasteiger partial charge in [0.25, 0.3) is 5.91 Å². The van der Waals surface area contributed by atoms with Gasteiger partial charge in [-0.2, -0.15) is 0 Å². The first kappa shape index (κ1) is 15.5. The van der Waals surface area contributed by atoms with Gasteiger partial charge in [-0.1, -0.05) is 57.6 Å². The van der Waals surface area contributed by atoms with Gasteiger partial charge in [-0.05, 0) is 18.6 Å². The van der Waals surface area contributed by atoms with Crippen LogP contribution in [0.4, 0.5) is 5.69 Å². The molecule has 0 bridgehead atoms. The summed E-state index contributed by atoms with van der Waals surface area (Å²) in [4.78, 5) is 11.8. The van der Waals surface area contributed by atoms with Gasteiger partial charge in [0.1, 0.15) is 0 Å². The average Bonchev–Trinajstić information content (AvgIpc) is 2.42. The van der Waals surface area contributed by atoms with E-state index < -0.39 is 0 Å². The number of para-hydroxylation sites is 1. The summed E-state index contributed by atoms with van der Waals surface area (Å²) in [7, 11) is 0. The smallest absolute Gasteiger partial charge is 0.253 e. The van der Waals surface area contributed by atoms with Gasteiger partial charge in [0.05, 0.1) is 5.56 Å². The number of nitrogen functional groups attached to an aromatic ring is 1. The zero-order valence-electron chi connectivity index (χ0n) is 12.0. The van der Waals surface area contributed by atoms with Crippen LogP contribution in [0, 0.1) is 0 Å². The van der Waals surface area contributed by atoms with E-state index >= 15 is 0 Å². The standard InChI is InChI=1S/C16H26N2O/c1-2-3-4-5-6-7-10-13-18-16(19)14-11-8-9-12-15(14)17/h8-9,11-12H,2-7,10,13,17H2,1H3,(H,18,19). The number of carbonyl (C=O) groups excluding carboxylic acids is 1. The third kappa shape index (κ3) is 6.27. The van der Waals surface area contributed by atoms with Crippen LogP contribution in [0.1, 0.15) is 62.2 Å². The van der Waals surface area contributed by atoms with Crippen molar-refractivity contribution in [2.45, 2.75) is 51.9 Å². The Morgan fingerprint density at radius 2 is 1.68 bits per heavy atom. The summed E-state index contributed by atoms with van der Waals surface area (Å²) in [5.41, 5.74) is 6.87. The van der Waals surface area contributed by atoms with Crippen molar-refractivity contribution in [2.75, 3.05) is 12.3 Å². The van der Waals surface area contributed by atoms with E-state index in [1.165, 1.54) is 38.5 Å². The number of rotatable bonds is 9. The molecule has 3 heteroatoms. The lowest BCUT2D eigenvalue weighted by molar-refractivity contribution is 0.0954. The maximum Gasteiger partial charge on any atom is 0.253 e. The van der Waals surface area contributed by atoms with E-state index in [0.29, 0.717) is 11.3 Å². The molecule has 0 spiro atoms. The molecule has 1 amide bonds. The molecule has 0 aliphatic carbocycles. The molecule has 1 rings (SSSR count). The number of nitrogens with one attached hydrogen (secondary N) is 1. The van der Waals surface area contributed by atoms with Crippen LogP contribution in [0.5, 0.6) is 0 Å². The molecular formula is C16H26N2O. The molecule has 3 N–H and O–H groups in total. The molecule has 0 aliphatic heterocycles. The molecule has 106 valence electrons. The summed E-state index contributed by atoms with van der Waals surface area (Å²) in [6.07, 6.45) is 8.78. The SMILES string of the molecule is CCCCCCCCCNC(=O)c1ccccc1N. The van der Waals surface area contributed by atoms with Crippen LogP contribution in [0.3, 0.4) is 0 Å². The summed E-state index contributed by atoms with van der Waals surface area (Å²) in [5.74, 6) is -0.0657. The topological polar surface area (TPSA) is 55.1 Å². The molecule has 0 saturated carbocycles. The lowest BCUT2D eigenvalue weighted by atomic mass is 10.1. The Bertz CT molecular complexity index is 377. The van der Waals surface area contributed by atoms with E-state index in [1.54, 1.807) is 12.1 Å². The minimum absolute atomic E-state index is 0.0657. The second kappa shape index (κ2) is 9.42. The quantitative estimate of drug-likeness (QED) is 0.526. The van der Waals surface area contributed by atoms with E-state index in [4.69, 9.17) is 5.73 Å². The number of carbonyl (C=O) groups is 1. The molecule has 0 unspecified atom stereocenters. The van der Waals surface area contributed by atoms with E-state index in [1.807, 2.05) is 12.1 Å². The maximum absolute atomic E-state index is 11.8. The maximum atomic E-state index is 11.8. The minimum Gasteiger partial charge on any atom is -0.398 e. The van der Waals surface area contributed by atoms with Crippen LogP contribution in [0.15, 0.2) is 24.3 Å². The van der Waals surface area contributed by atoms with Crippen molar-refractivity contribution in [1.82, 2.24) is 5.32 Å². The van der Waals surface area contributed by atoms with E-state index in [0.717, 1.165) is 13.0 Å². The van der Waals surface area contributed by atoms with Gasteiger partial charge >= 0.3 is 0 Å². The van der Waals surface area contributed by atoms with Crippen molar-refractivity contribution in [3.05, 3.63) is 29.8 Å². The summed E-state index contributed by atoms with van der Waals surface area (Å²) in [6.45, 7) is 2.96. The Balaban J connectivity index is 2.10. The Morgan fingerprint density at radius 3 is 2.37 bits per heavy atom. The highest BCUT2D eigenvalue weighted by atomic mass is 16.1. The third-order valence-corrected chi connectivity index (χ3v) is 3.27. The Labute approximate surface area is 116 Å². The third-order valence-electron chi connectivity index (χ3n) is 3.27. The van der Waals surface area contributed by atoms with Gasteiger partial charge in [-0.3, -0.25) is 4.79 Å². The molecule has 1 aromatic carbocycles. The molecule has 0 aliphatic rings. The van der Waals surface area contributed by atoms with Crippen LogP contribution in [-0.2, 0) is 0 Å². The first-order chi connectivity index (χ1) is 9.25. The zero-order valence-corrected chi connectivity index (χ0v) is 12.0. The lowest BCUT2D eigenvalue weighted by Crippen LogP contribution is -2.25. The number of nitrogens with two attached hydrogens (primary N) is 1. The van der Waals surface area contributed by atoms with Crippen LogP contribution in [-0.4, -0.2) is 12.5 Å². The van der Waals surface area contributed by atoms with Crippen molar-refractivity contribution in [3.63, 3.8) is 0 Å². The lowest BCUT2D eigenvalue weighted by Gasteiger charge is -2.07. The van der Waals surface area contributed by atoms with Crippen molar-refractivity contribution in [1.29, 1.82) is 0 Å². The van der Waals surface area contributed by atoms with Gasteiger partial charge in [-0.15, -0.1) is 0 Å². The molecular weight excluding hydrogens is 236 g/mol. The van der Waals surface area contributed by atoms with Crippen LogP contribution >= 0.6 is 0 Å². The molecule has 0 heterocycles. The van der Waals surface area contributed by atoms with E-state index in [2.05, 4.69) is 12.2 Å². The average molecular weight is 262 g/mol. The summed E-state index contributed by atoms with van der Waals surface area (Å²) >= 11 is 0. The Kier molecular flexibility index (Phi) is 7.71. The first-order valence-corrected chi connectivity index (χ1v) is 7.38. The summed E-state index contributed by atoms with van der Waals surface area (Å²) in [6, 6.07) is 7.18. The van der Waals surface area contributed by atoms with E-state index in [-0.39, 0.29) is 5.91 Å². The van der Waals surface area contributed by atoms with Crippen molar-refractivity contribution >= 4 is 11.6 Å². The molecule has 0 fully saturated rings. The molecule has 1 aromatic rings. The second-order valence-corrected chi connectivity index (χ2v) is 4.96. The largest absolute Gasteiger partial charge is 0.398 e. The van der Waals surface area contributed by atoms with Crippen LogP contribution < -0.4 is 11.1 Å². The second-order valence-electron chi connectivity index (χ2n) is 4.96. The minimum atomic E-state index is -0.0657. The Hall–Kier alpha value is -1.51. The van der Waals surface area contributed by atoms with Gasteiger partial charge in [-0.25, -0.2) is 0 Å². The van der Waals surface area contributed by atoms with Crippen LogP contribution in [0.2, 0.25) is 0 Å².